The van der Waals surface area contributed by atoms with Crippen molar-refractivity contribution in [2.75, 3.05) is 11.4 Å². The van der Waals surface area contributed by atoms with Crippen molar-refractivity contribution in [2.45, 2.75) is 18.3 Å². The number of benzene rings is 3. The number of rotatable bonds is 6. The number of halogens is 4. The van der Waals surface area contributed by atoms with Crippen LogP contribution in [0.2, 0.25) is 20.1 Å². The van der Waals surface area contributed by atoms with Gasteiger partial charge in [0.05, 0.1) is 25.5 Å². The molecule has 1 aliphatic rings. The summed E-state index contributed by atoms with van der Waals surface area (Å²) in [6.07, 6.45) is 0.603. The first-order valence-corrected chi connectivity index (χ1v) is 11.2. The minimum atomic E-state index is -1.09. The second-order valence-electron chi connectivity index (χ2n) is 7.73. The Hall–Kier alpha value is -2.24. The highest BCUT2D eigenvalue weighted by Crippen LogP contribution is 2.46. The molecule has 1 heterocycles. The van der Waals surface area contributed by atoms with Gasteiger partial charge in [-0.15, -0.1) is 0 Å². The number of nitrogens with zero attached hydrogens (tertiary/aromatic N) is 1. The molecule has 32 heavy (non-hydrogen) atoms. The third-order valence-electron chi connectivity index (χ3n) is 5.64. The highest BCUT2D eigenvalue weighted by molar-refractivity contribution is 6.42. The molecule has 3 aromatic rings. The summed E-state index contributed by atoms with van der Waals surface area (Å²) < 4.78 is 0. The quantitative estimate of drug-likeness (QED) is 0.416. The van der Waals surface area contributed by atoms with Gasteiger partial charge in [0.1, 0.15) is 6.54 Å². The van der Waals surface area contributed by atoms with Crippen molar-refractivity contribution in [3.63, 3.8) is 0 Å². The molecule has 0 saturated heterocycles. The Kier molecular flexibility index (Phi) is 6.42. The predicted octanol–water partition coefficient (Wildman–Crippen LogP) is 6.45. The largest absolute Gasteiger partial charge is 0.480 e. The molecule has 1 N–H and O–H groups in total. The van der Waals surface area contributed by atoms with Gasteiger partial charge in [0.15, 0.2) is 0 Å². The Balaban J connectivity index is 1.88. The van der Waals surface area contributed by atoms with E-state index in [0.29, 0.717) is 38.6 Å². The van der Waals surface area contributed by atoms with Crippen molar-refractivity contribution in [3.05, 3.63) is 97.4 Å². The summed E-state index contributed by atoms with van der Waals surface area (Å²) in [6.45, 7) is -0.430. The molecule has 0 atom stereocenters. The van der Waals surface area contributed by atoms with Crippen LogP contribution in [0.25, 0.3) is 0 Å². The van der Waals surface area contributed by atoms with E-state index in [0.717, 1.165) is 16.7 Å². The van der Waals surface area contributed by atoms with Gasteiger partial charge in [0.25, 0.3) is 0 Å². The molecule has 0 unspecified atom stereocenters. The molecule has 0 saturated carbocycles. The van der Waals surface area contributed by atoms with Crippen molar-refractivity contribution in [2.24, 2.45) is 0 Å². The zero-order valence-electron chi connectivity index (χ0n) is 16.6. The molecule has 3 aromatic carbocycles. The Morgan fingerprint density at radius 3 is 1.84 bits per heavy atom. The maximum atomic E-state index is 13.9. The maximum Gasteiger partial charge on any atom is 0.323 e. The summed E-state index contributed by atoms with van der Waals surface area (Å²) in [5.74, 6) is -1.38. The second kappa shape index (κ2) is 8.95. The lowest BCUT2D eigenvalue weighted by Gasteiger charge is -2.29. The fourth-order valence-corrected chi connectivity index (χ4v) is 4.93. The summed E-state index contributed by atoms with van der Waals surface area (Å²) in [5.41, 5.74) is 1.89. The lowest BCUT2D eigenvalue weighted by atomic mass is 9.72. The number of carboxylic acids is 1. The van der Waals surface area contributed by atoms with E-state index in [1.165, 1.54) is 4.90 Å². The van der Waals surface area contributed by atoms with Gasteiger partial charge in [-0.1, -0.05) is 76.7 Å². The molecule has 0 spiro atoms. The number of hydrogen-bond acceptors (Lipinski definition) is 2. The number of carboxylic acid groups (broad SMARTS) is 1. The van der Waals surface area contributed by atoms with Crippen LogP contribution in [0.15, 0.2) is 60.7 Å². The lowest BCUT2D eigenvalue weighted by molar-refractivity contribution is -0.137. The molecule has 164 valence electrons. The summed E-state index contributed by atoms with van der Waals surface area (Å²) in [6, 6.07) is 17.7. The Bertz CT molecular complexity index is 1170. The second-order valence-corrected chi connectivity index (χ2v) is 9.36. The first-order valence-electron chi connectivity index (χ1n) is 9.72. The van der Waals surface area contributed by atoms with E-state index in [9.17, 15) is 14.7 Å². The third kappa shape index (κ3) is 4.20. The van der Waals surface area contributed by atoms with Gasteiger partial charge in [0, 0.05) is 5.69 Å². The topological polar surface area (TPSA) is 57.6 Å². The maximum absolute atomic E-state index is 13.9. The number of carbonyl (C=O) groups excluding carboxylic acids is 1. The summed E-state index contributed by atoms with van der Waals surface area (Å²) >= 11 is 24.6. The van der Waals surface area contributed by atoms with E-state index >= 15 is 0 Å². The Labute approximate surface area is 205 Å². The number of aliphatic carboxylic acids is 1. The number of fused-ring (bicyclic) bond motifs is 1. The van der Waals surface area contributed by atoms with E-state index in [1.54, 1.807) is 36.4 Å². The molecule has 8 heteroatoms. The van der Waals surface area contributed by atoms with Gasteiger partial charge in [-0.3, -0.25) is 9.59 Å². The zero-order chi connectivity index (χ0) is 23.0. The van der Waals surface area contributed by atoms with Crippen molar-refractivity contribution in [1.29, 1.82) is 0 Å². The average Bonchev–Trinajstić information content (AvgIpc) is 2.96. The van der Waals surface area contributed by atoms with Gasteiger partial charge in [-0.25, -0.2) is 0 Å². The molecular formula is C24H17Cl4NO3. The smallest absolute Gasteiger partial charge is 0.323 e. The van der Waals surface area contributed by atoms with Crippen LogP contribution in [0.1, 0.15) is 16.7 Å². The van der Waals surface area contributed by atoms with Crippen LogP contribution >= 0.6 is 46.4 Å². The van der Waals surface area contributed by atoms with E-state index < -0.39 is 17.9 Å². The third-order valence-corrected chi connectivity index (χ3v) is 7.12. The summed E-state index contributed by atoms with van der Waals surface area (Å²) in [7, 11) is 0. The van der Waals surface area contributed by atoms with Crippen molar-refractivity contribution >= 4 is 64.0 Å². The van der Waals surface area contributed by atoms with Crippen LogP contribution in [0, 0.1) is 0 Å². The molecule has 4 rings (SSSR count). The highest BCUT2D eigenvalue weighted by Gasteiger charge is 2.51. The first kappa shape index (κ1) is 22.9. The molecule has 0 aliphatic carbocycles. The number of amides is 1. The van der Waals surface area contributed by atoms with Gasteiger partial charge in [0.2, 0.25) is 5.91 Å². The zero-order valence-corrected chi connectivity index (χ0v) is 19.6. The number of hydrogen-bond donors (Lipinski definition) is 1. The van der Waals surface area contributed by atoms with E-state index in [-0.39, 0.29) is 5.91 Å². The average molecular weight is 509 g/mol. The first-order chi connectivity index (χ1) is 15.2. The van der Waals surface area contributed by atoms with Gasteiger partial charge >= 0.3 is 5.97 Å². The van der Waals surface area contributed by atoms with Gasteiger partial charge in [-0.2, -0.15) is 0 Å². The van der Waals surface area contributed by atoms with E-state index in [2.05, 4.69) is 0 Å². The highest BCUT2D eigenvalue weighted by atomic mass is 35.5. The minimum Gasteiger partial charge on any atom is -0.480 e. The SMILES string of the molecule is O=C(O)CN1C(=O)C(Cc2ccc(Cl)c(Cl)c2)(Cc2ccc(Cl)c(Cl)c2)c2ccccc21. The molecule has 0 fully saturated rings. The van der Waals surface area contributed by atoms with Crippen LogP contribution in [0.5, 0.6) is 0 Å². The number of carbonyl (C=O) groups is 2. The minimum absolute atomic E-state index is 0.293. The molecule has 0 radical (unpaired) electrons. The summed E-state index contributed by atoms with van der Waals surface area (Å²) in [4.78, 5) is 26.7. The standard InChI is InChI=1S/C24H17Cl4NO3/c25-17-7-5-14(9-19(17)27)11-24(12-15-6-8-18(26)20(28)10-15)16-3-1-2-4-21(16)29(23(24)32)13-22(30)31/h1-10H,11-13H2,(H,30,31). The molecule has 4 nitrogen and oxygen atoms in total. The van der Waals surface area contributed by atoms with Crippen molar-refractivity contribution in [3.8, 4) is 0 Å². The molecular weight excluding hydrogens is 492 g/mol. The normalized spacial score (nSPS) is 14.5. The Morgan fingerprint density at radius 2 is 1.34 bits per heavy atom. The van der Waals surface area contributed by atoms with Crippen molar-refractivity contribution in [1.82, 2.24) is 0 Å². The van der Waals surface area contributed by atoms with Crippen LogP contribution in [0.4, 0.5) is 5.69 Å². The fraction of sp³-hybridized carbons (Fsp3) is 0.167. The predicted molar refractivity (Wildman–Crippen MR) is 128 cm³/mol. The lowest BCUT2D eigenvalue weighted by Crippen LogP contribution is -2.45. The van der Waals surface area contributed by atoms with Gasteiger partial charge in [-0.05, 0) is 59.9 Å². The van der Waals surface area contributed by atoms with Crippen LogP contribution < -0.4 is 4.90 Å². The summed E-state index contributed by atoms with van der Waals surface area (Å²) in [5, 5.41) is 11.0. The van der Waals surface area contributed by atoms with Crippen LogP contribution in [-0.4, -0.2) is 23.5 Å². The van der Waals surface area contributed by atoms with E-state index in [1.807, 2.05) is 24.3 Å². The van der Waals surface area contributed by atoms with Crippen LogP contribution in [-0.2, 0) is 27.8 Å². The van der Waals surface area contributed by atoms with E-state index in [4.69, 9.17) is 46.4 Å². The monoisotopic (exact) mass is 507 g/mol. The van der Waals surface area contributed by atoms with Gasteiger partial charge < -0.3 is 10.0 Å². The fourth-order valence-electron chi connectivity index (χ4n) is 4.29. The Morgan fingerprint density at radius 1 is 0.812 bits per heavy atom. The van der Waals surface area contributed by atoms with Crippen LogP contribution in [0.3, 0.4) is 0 Å². The number of anilines is 1. The number of para-hydroxylation sites is 1. The molecule has 1 aliphatic heterocycles. The molecule has 1 amide bonds. The molecule has 0 aromatic heterocycles. The van der Waals surface area contributed by atoms with Crippen molar-refractivity contribution < 1.29 is 14.7 Å². The molecule has 0 bridgehead atoms.